The Morgan fingerprint density at radius 1 is 1.35 bits per heavy atom. The molecular weight excluding hydrogens is 376 g/mol. The first-order chi connectivity index (χ1) is 12.3. The van der Waals surface area contributed by atoms with Gasteiger partial charge in [-0.05, 0) is 12.1 Å². The van der Waals surface area contributed by atoms with Crippen molar-refractivity contribution in [1.29, 1.82) is 0 Å². The number of fused-ring (bicyclic) bond motifs is 3. The van der Waals surface area contributed by atoms with E-state index in [0.717, 1.165) is 12.3 Å². The molecule has 0 bridgehead atoms. The Kier molecular flexibility index (Phi) is 3.91. The number of aliphatic imine (C=N–C) groups is 1. The summed E-state index contributed by atoms with van der Waals surface area (Å²) in [4.78, 5) is 5.98. The van der Waals surface area contributed by atoms with Crippen molar-refractivity contribution in [3.05, 3.63) is 52.4 Å². The van der Waals surface area contributed by atoms with Gasteiger partial charge in [0.15, 0.2) is 11.6 Å². The second-order valence-electron chi connectivity index (χ2n) is 6.15. The molecule has 0 amide bonds. The summed E-state index contributed by atoms with van der Waals surface area (Å²) >= 11 is 6.18. The van der Waals surface area contributed by atoms with Crippen LogP contribution in [0.25, 0.3) is 0 Å². The van der Waals surface area contributed by atoms with Crippen molar-refractivity contribution < 1.29 is 27.0 Å². The van der Waals surface area contributed by atoms with Crippen LogP contribution in [0.1, 0.15) is 12.0 Å². The van der Waals surface area contributed by atoms with Crippen molar-refractivity contribution in [2.24, 2.45) is 4.99 Å². The first-order valence-electron chi connectivity index (χ1n) is 7.82. The molecule has 1 aromatic rings. The van der Waals surface area contributed by atoms with Crippen LogP contribution in [0.2, 0.25) is 5.02 Å². The van der Waals surface area contributed by atoms with Crippen LogP contribution in [0.5, 0.6) is 5.75 Å². The molecule has 0 aromatic heterocycles. The fraction of sp³-hybridized carbons (Fsp3) is 0.353. The smallest absolute Gasteiger partial charge is 0.417 e. The van der Waals surface area contributed by atoms with Crippen LogP contribution in [-0.4, -0.2) is 36.9 Å². The molecule has 4 rings (SSSR count). The number of allylic oxidation sites excluding steroid dienone is 2. The van der Waals surface area contributed by atoms with Crippen molar-refractivity contribution in [1.82, 2.24) is 4.90 Å². The third kappa shape index (κ3) is 2.63. The molecule has 0 aliphatic carbocycles. The maximum Gasteiger partial charge on any atom is 0.417 e. The number of rotatable bonds is 2. The summed E-state index contributed by atoms with van der Waals surface area (Å²) in [5.74, 6) is 0.402. The maximum absolute atomic E-state index is 13.2. The second-order valence-corrected chi connectivity index (χ2v) is 6.56. The summed E-state index contributed by atoms with van der Waals surface area (Å²) in [5, 5.41) is 0.411. The van der Waals surface area contributed by atoms with Crippen molar-refractivity contribution >= 4 is 17.4 Å². The van der Waals surface area contributed by atoms with Gasteiger partial charge in [-0.25, -0.2) is 4.39 Å². The zero-order valence-corrected chi connectivity index (χ0v) is 14.1. The SMILES string of the molecule is FCOC1=CC(C(F)(F)F)=CN2C[C@@]3(CCOc4c(Cl)cccc43)N=C12. The van der Waals surface area contributed by atoms with Crippen molar-refractivity contribution in [3.63, 3.8) is 0 Å². The Bertz CT molecular complexity index is 850. The predicted molar refractivity (Wildman–Crippen MR) is 86.7 cm³/mol. The molecule has 9 heteroatoms. The van der Waals surface area contributed by atoms with Crippen molar-refractivity contribution in [3.8, 4) is 5.75 Å². The Morgan fingerprint density at radius 3 is 2.88 bits per heavy atom. The van der Waals surface area contributed by atoms with Crippen LogP contribution >= 0.6 is 11.6 Å². The van der Waals surface area contributed by atoms with Crippen LogP contribution in [0, 0.1) is 0 Å². The van der Waals surface area contributed by atoms with Crippen LogP contribution in [0.15, 0.2) is 46.8 Å². The lowest BCUT2D eigenvalue weighted by Gasteiger charge is -2.34. The Balaban J connectivity index is 1.81. The summed E-state index contributed by atoms with van der Waals surface area (Å²) in [7, 11) is 0. The largest absolute Gasteiger partial charge is 0.492 e. The highest BCUT2D eigenvalue weighted by Crippen LogP contribution is 2.48. The van der Waals surface area contributed by atoms with E-state index in [1.165, 1.54) is 4.90 Å². The number of amidine groups is 1. The molecular formula is C17H13ClF4N2O2. The molecule has 1 atom stereocenters. The van der Waals surface area contributed by atoms with Crippen molar-refractivity contribution in [2.45, 2.75) is 18.1 Å². The standard InChI is InChI=1S/C17H13ClF4N2O2/c18-12-3-1-2-11-14(12)25-5-4-16(11)8-24-7-10(17(20,21)22)6-13(26-9-19)15(24)23-16/h1-3,6-7H,4-5,8-9H2/t16-/m1/s1. The van der Waals surface area contributed by atoms with Gasteiger partial charge in [0.2, 0.25) is 6.86 Å². The molecule has 26 heavy (non-hydrogen) atoms. The molecule has 138 valence electrons. The molecule has 1 spiro atoms. The number of alkyl halides is 4. The number of ether oxygens (including phenoxy) is 2. The highest BCUT2D eigenvalue weighted by atomic mass is 35.5. The minimum absolute atomic E-state index is 0.158. The minimum atomic E-state index is -4.58. The molecule has 0 N–H and O–H groups in total. The molecule has 3 aliphatic heterocycles. The van der Waals surface area contributed by atoms with Gasteiger partial charge >= 0.3 is 6.18 Å². The minimum Gasteiger partial charge on any atom is -0.492 e. The van der Waals surface area contributed by atoms with Crippen LogP contribution in [0.3, 0.4) is 0 Å². The van der Waals surface area contributed by atoms with Gasteiger partial charge < -0.3 is 14.4 Å². The second kappa shape index (κ2) is 5.90. The number of nitrogens with zero attached hydrogens (tertiary/aromatic N) is 2. The monoisotopic (exact) mass is 388 g/mol. The van der Waals surface area contributed by atoms with E-state index in [4.69, 9.17) is 21.1 Å². The molecule has 0 saturated carbocycles. The van der Waals surface area contributed by atoms with Gasteiger partial charge in [-0.15, -0.1) is 0 Å². The average Bonchev–Trinajstić information content (AvgIpc) is 2.95. The zero-order chi connectivity index (χ0) is 18.5. The van der Waals surface area contributed by atoms with Gasteiger partial charge in [-0.2, -0.15) is 13.2 Å². The number of benzene rings is 1. The van der Waals surface area contributed by atoms with Crippen LogP contribution < -0.4 is 4.74 Å². The van der Waals surface area contributed by atoms with E-state index in [1.807, 2.05) is 0 Å². The van der Waals surface area contributed by atoms with E-state index in [2.05, 4.69) is 4.99 Å². The fourth-order valence-electron chi connectivity index (χ4n) is 3.45. The summed E-state index contributed by atoms with van der Waals surface area (Å²) in [5.41, 5.74) is -1.06. The number of hydrogen-bond donors (Lipinski definition) is 0. The molecule has 3 heterocycles. The van der Waals surface area contributed by atoms with E-state index >= 15 is 0 Å². The highest BCUT2D eigenvalue weighted by Gasteiger charge is 2.48. The normalized spacial score (nSPS) is 24.3. The summed E-state index contributed by atoms with van der Waals surface area (Å²) in [6.45, 7) is -0.770. The molecule has 4 nitrogen and oxygen atoms in total. The lowest BCUT2D eigenvalue weighted by Crippen LogP contribution is -2.37. The first kappa shape index (κ1) is 17.2. The van der Waals surface area contributed by atoms with E-state index in [-0.39, 0.29) is 18.1 Å². The van der Waals surface area contributed by atoms with Gasteiger partial charge in [-0.3, -0.25) is 4.99 Å². The maximum atomic E-state index is 13.2. The third-order valence-electron chi connectivity index (χ3n) is 4.59. The quantitative estimate of drug-likeness (QED) is 0.708. The summed E-state index contributed by atoms with van der Waals surface area (Å²) in [6.07, 6.45) is -2.38. The van der Waals surface area contributed by atoms with Crippen LogP contribution in [0.4, 0.5) is 17.6 Å². The van der Waals surface area contributed by atoms with E-state index < -0.39 is 24.1 Å². The molecule has 3 aliphatic rings. The Hall–Kier alpha value is -2.22. The van der Waals surface area contributed by atoms with Gasteiger partial charge in [0, 0.05) is 18.2 Å². The number of para-hydroxylation sites is 1. The molecule has 1 aromatic carbocycles. The molecule has 0 radical (unpaired) electrons. The summed E-state index contributed by atoms with van der Waals surface area (Å²) < 4.78 is 62.6. The van der Waals surface area contributed by atoms with Gasteiger partial charge in [0.1, 0.15) is 11.3 Å². The van der Waals surface area contributed by atoms with E-state index in [9.17, 15) is 17.6 Å². The average molecular weight is 389 g/mol. The molecule has 0 fully saturated rings. The third-order valence-corrected chi connectivity index (χ3v) is 4.89. The van der Waals surface area contributed by atoms with E-state index in [0.29, 0.717) is 29.4 Å². The van der Waals surface area contributed by atoms with Gasteiger partial charge in [-0.1, -0.05) is 23.7 Å². The Morgan fingerprint density at radius 2 is 2.15 bits per heavy atom. The lowest BCUT2D eigenvalue weighted by molar-refractivity contribution is -0.0896. The van der Waals surface area contributed by atoms with Gasteiger partial charge in [0.05, 0.1) is 23.7 Å². The molecule has 0 unspecified atom stereocenters. The fourth-order valence-corrected chi connectivity index (χ4v) is 3.68. The Labute approximate surface area is 151 Å². The highest BCUT2D eigenvalue weighted by molar-refractivity contribution is 6.32. The number of halogens is 5. The lowest BCUT2D eigenvalue weighted by atomic mass is 9.85. The van der Waals surface area contributed by atoms with Gasteiger partial charge in [0.25, 0.3) is 0 Å². The first-order valence-corrected chi connectivity index (χ1v) is 8.20. The van der Waals surface area contributed by atoms with E-state index in [1.54, 1.807) is 18.2 Å². The topological polar surface area (TPSA) is 34.1 Å². The number of hydrogen-bond acceptors (Lipinski definition) is 4. The van der Waals surface area contributed by atoms with Crippen molar-refractivity contribution in [2.75, 3.05) is 20.0 Å². The zero-order valence-electron chi connectivity index (χ0n) is 13.3. The van der Waals surface area contributed by atoms with Crippen LogP contribution in [-0.2, 0) is 10.3 Å². The molecule has 0 saturated heterocycles. The summed E-state index contributed by atoms with van der Waals surface area (Å²) in [6, 6.07) is 5.20. The predicted octanol–water partition coefficient (Wildman–Crippen LogP) is 4.32.